The molecule has 59 heavy (non-hydrogen) atoms. The summed E-state index contributed by atoms with van der Waals surface area (Å²) in [7, 11) is 0. The van der Waals surface area contributed by atoms with Gasteiger partial charge in [0.15, 0.2) is 33.9 Å². The lowest BCUT2D eigenvalue weighted by atomic mass is 9.91. The molecule has 15 nitrogen and oxygen atoms in total. The van der Waals surface area contributed by atoms with Crippen LogP contribution >= 0.6 is 12.4 Å². The first kappa shape index (κ1) is 40.4. The zero-order valence-corrected chi connectivity index (χ0v) is 34.0. The molecule has 3 aliphatic rings. The van der Waals surface area contributed by atoms with E-state index in [4.69, 9.17) is 0 Å². The lowest BCUT2D eigenvalue weighted by Gasteiger charge is -2.16. The minimum Gasteiger partial charge on any atom is -0.345 e. The number of aromatic nitrogens is 12. The molecule has 12 heterocycles. The van der Waals surface area contributed by atoms with Crippen molar-refractivity contribution in [2.45, 2.75) is 65.2 Å². The van der Waals surface area contributed by atoms with Crippen LogP contribution in [0.15, 0.2) is 74.0 Å². The summed E-state index contributed by atoms with van der Waals surface area (Å²) in [6.07, 6.45) is 21.0. The first-order valence-electron chi connectivity index (χ1n) is 20.7. The number of nitrogens with zero attached hydrogens (tertiary/aromatic N) is 9. The van der Waals surface area contributed by atoms with E-state index in [0.29, 0.717) is 35.5 Å². The highest BCUT2D eigenvalue weighted by Crippen LogP contribution is 2.34. The van der Waals surface area contributed by atoms with E-state index < -0.39 is 0 Å². The van der Waals surface area contributed by atoms with Crippen LogP contribution in [-0.2, 0) is 0 Å². The quantitative estimate of drug-likeness (QED) is 0.105. The van der Waals surface area contributed by atoms with E-state index in [1.165, 1.54) is 36.3 Å². The van der Waals surface area contributed by atoms with Crippen molar-refractivity contribution in [2.24, 2.45) is 17.8 Å². The molecule has 0 bridgehead atoms. The highest BCUT2D eigenvalue weighted by atomic mass is 35.5. The van der Waals surface area contributed by atoms with Crippen LogP contribution in [0, 0.1) is 17.8 Å². The van der Waals surface area contributed by atoms with Crippen molar-refractivity contribution in [3.63, 3.8) is 0 Å². The SMILES string of the molecule is C.CCC1CNCC1c1cnc2cnc3[nH]ccc3n12.CCC1CNCC1c1cnc2cnc3[nH]ccc3n12.CCC1CNCC1c1cnc2cnc3[nH]ccc3n12.Cl. The molecule has 12 rings (SSSR count). The Hall–Kier alpha value is -5.35. The molecule has 0 aromatic carbocycles. The van der Waals surface area contributed by atoms with Gasteiger partial charge in [0, 0.05) is 91.7 Å². The number of H-pyrrole nitrogens is 3. The summed E-state index contributed by atoms with van der Waals surface area (Å²) in [6.45, 7) is 13.2. The van der Waals surface area contributed by atoms with E-state index in [1.54, 1.807) is 0 Å². The van der Waals surface area contributed by atoms with E-state index in [-0.39, 0.29) is 19.8 Å². The van der Waals surface area contributed by atoms with Gasteiger partial charge in [0.25, 0.3) is 0 Å². The van der Waals surface area contributed by atoms with Crippen molar-refractivity contribution in [3.05, 3.63) is 91.1 Å². The zero-order chi connectivity index (χ0) is 38.5. The third kappa shape index (κ3) is 7.03. The summed E-state index contributed by atoms with van der Waals surface area (Å²) in [4.78, 5) is 36.3. The van der Waals surface area contributed by atoms with Crippen LogP contribution < -0.4 is 16.0 Å². The molecule has 3 saturated heterocycles. The Morgan fingerprint density at radius 3 is 1.05 bits per heavy atom. The molecule has 6 atom stereocenters. The normalized spacial score (nSPS) is 22.8. The van der Waals surface area contributed by atoms with Gasteiger partial charge in [-0.25, -0.2) is 29.9 Å². The second-order valence-electron chi connectivity index (χ2n) is 15.8. The van der Waals surface area contributed by atoms with Crippen LogP contribution in [-0.4, -0.2) is 97.3 Å². The van der Waals surface area contributed by atoms with Crippen LogP contribution in [0.5, 0.6) is 0 Å². The lowest BCUT2D eigenvalue weighted by Crippen LogP contribution is -2.12. The van der Waals surface area contributed by atoms with Gasteiger partial charge in [-0.2, -0.15) is 0 Å². The predicted octanol–water partition coefficient (Wildman–Crippen LogP) is 6.83. The number of hydrogen-bond acceptors (Lipinski definition) is 9. The molecule has 0 radical (unpaired) electrons. The maximum Gasteiger partial charge on any atom is 0.156 e. The Morgan fingerprint density at radius 2 is 0.763 bits per heavy atom. The summed E-state index contributed by atoms with van der Waals surface area (Å²) in [6, 6.07) is 6.22. The smallest absolute Gasteiger partial charge is 0.156 e. The average molecular weight is 818 g/mol. The average Bonchev–Trinajstić information content (AvgIpc) is 4.09. The van der Waals surface area contributed by atoms with Gasteiger partial charge in [0.2, 0.25) is 0 Å². The Bertz CT molecular complexity index is 2490. The second kappa shape index (κ2) is 17.1. The summed E-state index contributed by atoms with van der Waals surface area (Å²) in [5.74, 6) is 3.72. The fourth-order valence-electron chi connectivity index (χ4n) is 9.79. The molecule has 9 aromatic heterocycles. The van der Waals surface area contributed by atoms with Gasteiger partial charge in [0.05, 0.1) is 35.1 Å². The van der Waals surface area contributed by atoms with Gasteiger partial charge in [-0.1, -0.05) is 47.5 Å². The maximum absolute atomic E-state index is 4.52. The maximum atomic E-state index is 4.52. The Kier molecular flexibility index (Phi) is 11.7. The third-order valence-electron chi connectivity index (χ3n) is 12.9. The molecule has 9 aromatic rings. The van der Waals surface area contributed by atoms with Crippen LogP contribution in [0.3, 0.4) is 0 Å². The fraction of sp³-hybridized carbons (Fsp3) is 0.442. The van der Waals surface area contributed by atoms with Crippen LogP contribution in [0.25, 0.3) is 50.4 Å². The van der Waals surface area contributed by atoms with Crippen molar-refractivity contribution in [3.8, 4) is 0 Å². The monoisotopic (exact) mass is 817 g/mol. The Labute approximate surface area is 349 Å². The minimum atomic E-state index is 0. The standard InChI is InChI=1S/3C14H17N5.CH4.ClH/c3*1-2-9-5-15-6-10(9)12-7-17-13-8-18-14-11(19(12)13)3-4-16-14;;/h3*3-4,7-10,15-16H,2,5-6H2,1H3;1H4;1H. The molecule has 3 aliphatic heterocycles. The van der Waals surface area contributed by atoms with E-state index in [9.17, 15) is 0 Å². The molecule has 3 fully saturated rings. The lowest BCUT2D eigenvalue weighted by molar-refractivity contribution is 0.493. The molecular weight excluding hydrogens is 762 g/mol. The number of fused-ring (bicyclic) bond motifs is 9. The number of rotatable bonds is 6. The fourth-order valence-corrected chi connectivity index (χ4v) is 9.79. The van der Waals surface area contributed by atoms with Crippen LogP contribution in [0.2, 0.25) is 0 Å². The third-order valence-corrected chi connectivity index (χ3v) is 12.9. The van der Waals surface area contributed by atoms with Crippen LogP contribution in [0.4, 0.5) is 0 Å². The van der Waals surface area contributed by atoms with Gasteiger partial charge < -0.3 is 30.9 Å². The predicted molar refractivity (Wildman–Crippen MR) is 237 cm³/mol. The molecule has 6 unspecified atom stereocenters. The molecular formula is C43H56ClN15. The first-order chi connectivity index (χ1) is 28.1. The number of aromatic amines is 3. The van der Waals surface area contributed by atoms with E-state index in [2.05, 4.69) is 113 Å². The van der Waals surface area contributed by atoms with Gasteiger partial charge in [-0.05, 0) is 55.6 Å². The highest BCUT2D eigenvalue weighted by Gasteiger charge is 2.32. The van der Waals surface area contributed by atoms with Gasteiger partial charge in [-0.15, -0.1) is 12.4 Å². The highest BCUT2D eigenvalue weighted by molar-refractivity contribution is 5.85. The summed E-state index contributed by atoms with van der Waals surface area (Å²) >= 11 is 0. The molecule has 310 valence electrons. The zero-order valence-electron chi connectivity index (χ0n) is 33.2. The van der Waals surface area contributed by atoms with Crippen LogP contribution in [0.1, 0.15) is 82.3 Å². The first-order valence-corrected chi connectivity index (χ1v) is 20.7. The number of imidazole rings is 3. The molecule has 6 N–H and O–H groups in total. The van der Waals surface area contributed by atoms with E-state index in [1.807, 2.05) is 55.8 Å². The van der Waals surface area contributed by atoms with Gasteiger partial charge >= 0.3 is 0 Å². The van der Waals surface area contributed by atoms with Gasteiger partial charge in [0.1, 0.15) is 0 Å². The topological polar surface area (TPSA) is 174 Å². The summed E-state index contributed by atoms with van der Waals surface area (Å²) in [5.41, 5.74) is 12.8. The van der Waals surface area contributed by atoms with Crippen molar-refractivity contribution >= 4 is 62.8 Å². The van der Waals surface area contributed by atoms with Crippen molar-refractivity contribution in [1.82, 2.24) is 74.0 Å². The molecule has 0 saturated carbocycles. The van der Waals surface area contributed by atoms with E-state index in [0.717, 1.165) is 89.7 Å². The summed E-state index contributed by atoms with van der Waals surface area (Å²) in [5, 5.41) is 10.5. The van der Waals surface area contributed by atoms with Crippen molar-refractivity contribution in [2.75, 3.05) is 39.3 Å². The molecule has 16 heteroatoms. The van der Waals surface area contributed by atoms with E-state index >= 15 is 0 Å². The largest absolute Gasteiger partial charge is 0.345 e. The minimum absolute atomic E-state index is 0. The number of hydrogen-bond donors (Lipinski definition) is 6. The van der Waals surface area contributed by atoms with Crippen molar-refractivity contribution < 1.29 is 0 Å². The number of halogens is 1. The van der Waals surface area contributed by atoms with Gasteiger partial charge in [-0.3, -0.25) is 13.2 Å². The van der Waals surface area contributed by atoms with Crippen molar-refractivity contribution in [1.29, 1.82) is 0 Å². The summed E-state index contributed by atoms with van der Waals surface area (Å²) < 4.78 is 6.75. The second-order valence-corrected chi connectivity index (χ2v) is 15.8. The number of nitrogens with one attached hydrogen (secondary N) is 6. The Morgan fingerprint density at radius 1 is 0.458 bits per heavy atom. The molecule has 0 spiro atoms. The molecule has 0 amide bonds. The Balaban J connectivity index is 0.000000121. The molecule has 0 aliphatic carbocycles.